The third kappa shape index (κ3) is 2.16. The SMILES string of the molecule is CN(C)CC1CCCC12Cc1cc(I)ccc1O2. The van der Waals surface area contributed by atoms with Crippen molar-refractivity contribution in [2.24, 2.45) is 5.92 Å². The van der Waals surface area contributed by atoms with Crippen molar-refractivity contribution in [3.8, 4) is 5.75 Å². The largest absolute Gasteiger partial charge is 0.486 e. The highest BCUT2D eigenvalue weighted by Gasteiger charge is 2.48. The fraction of sp³-hybridized carbons (Fsp3) is 0.600. The zero-order valence-corrected chi connectivity index (χ0v) is 13.2. The summed E-state index contributed by atoms with van der Waals surface area (Å²) in [6, 6.07) is 6.58. The first-order valence-electron chi connectivity index (χ1n) is 6.71. The molecule has 1 aliphatic carbocycles. The molecule has 2 aliphatic rings. The number of hydrogen-bond acceptors (Lipinski definition) is 2. The van der Waals surface area contributed by atoms with Crippen molar-refractivity contribution in [1.82, 2.24) is 4.90 Å². The molecule has 0 radical (unpaired) electrons. The zero-order valence-electron chi connectivity index (χ0n) is 11.1. The third-order valence-corrected chi connectivity index (χ3v) is 4.98. The molecule has 0 N–H and O–H groups in total. The molecule has 1 spiro atoms. The maximum atomic E-state index is 6.39. The quantitative estimate of drug-likeness (QED) is 0.753. The van der Waals surface area contributed by atoms with Crippen molar-refractivity contribution >= 4 is 22.6 Å². The average molecular weight is 357 g/mol. The van der Waals surface area contributed by atoms with E-state index < -0.39 is 0 Å². The van der Waals surface area contributed by atoms with Crippen molar-refractivity contribution in [1.29, 1.82) is 0 Å². The highest BCUT2D eigenvalue weighted by atomic mass is 127. The molecule has 1 aromatic carbocycles. The predicted molar refractivity (Wildman–Crippen MR) is 82.1 cm³/mol. The Bertz CT molecular complexity index is 460. The van der Waals surface area contributed by atoms with Gasteiger partial charge in [0.25, 0.3) is 0 Å². The molecule has 2 nitrogen and oxygen atoms in total. The molecule has 0 bridgehead atoms. The lowest BCUT2D eigenvalue weighted by Gasteiger charge is -2.32. The fourth-order valence-electron chi connectivity index (χ4n) is 3.54. The van der Waals surface area contributed by atoms with E-state index in [0.717, 1.165) is 18.7 Å². The second-order valence-electron chi connectivity index (χ2n) is 5.95. The molecule has 0 aromatic heterocycles. The number of rotatable bonds is 2. The summed E-state index contributed by atoms with van der Waals surface area (Å²) in [7, 11) is 4.33. The molecular weight excluding hydrogens is 337 g/mol. The molecular formula is C15H20INO. The minimum Gasteiger partial charge on any atom is -0.486 e. The van der Waals surface area contributed by atoms with Crippen molar-refractivity contribution in [2.75, 3.05) is 20.6 Å². The van der Waals surface area contributed by atoms with E-state index in [-0.39, 0.29) is 5.60 Å². The molecule has 1 aliphatic heterocycles. The van der Waals surface area contributed by atoms with Gasteiger partial charge in [-0.3, -0.25) is 0 Å². The number of hydrogen-bond donors (Lipinski definition) is 0. The molecule has 1 saturated carbocycles. The van der Waals surface area contributed by atoms with Crippen LogP contribution in [-0.2, 0) is 6.42 Å². The number of benzene rings is 1. The van der Waals surface area contributed by atoms with Gasteiger partial charge in [-0.25, -0.2) is 0 Å². The third-order valence-electron chi connectivity index (χ3n) is 4.31. The summed E-state index contributed by atoms with van der Waals surface area (Å²) in [4.78, 5) is 2.30. The van der Waals surface area contributed by atoms with Gasteiger partial charge >= 0.3 is 0 Å². The molecule has 98 valence electrons. The number of nitrogens with zero attached hydrogens (tertiary/aromatic N) is 1. The maximum absolute atomic E-state index is 6.39. The van der Waals surface area contributed by atoms with Crippen LogP contribution in [0.5, 0.6) is 5.75 Å². The second-order valence-corrected chi connectivity index (χ2v) is 7.19. The second kappa shape index (κ2) is 4.67. The van der Waals surface area contributed by atoms with Gasteiger partial charge in [0.1, 0.15) is 11.4 Å². The summed E-state index contributed by atoms with van der Waals surface area (Å²) in [5.41, 5.74) is 1.50. The van der Waals surface area contributed by atoms with Gasteiger partial charge in [-0.15, -0.1) is 0 Å². The van der Waals surface area contributed by atoms with Gasteiger partial charge in [0, 0.05) is 22.5 Å². The van der Waals surface area contributed by atoms with E-state index in [4.69, 9.17) is 4.74 Å². The Morgan fingerprint density at radius 1 is 1.44 bits per heavy atom. The van der Waals surface area contributed by atoms with Crippen LogP contribution >= 0.6 is 22.6 Å². The highest BCUT2D eigenvalue weighted by molar-refractivity contribution is 14.1. The zero-order chi connectivity index (χ0) is 12.8. The summed E-state index contributed by atoms with van der Waals surface area (Å²) in [5, 5.41) is 0. The summed E-state index contributed by atoms with van der Waals surface area (Å²) < 4.78 is 7.71. The molecule has 1 heterocycles. The summed E-state index contributed by atoms with van der Waals surface area (Å²) in [6.07, 6.45) is 4.95. The normalized spacial score (nSPS) is 29.9. The molecule has 3 rings (SSSR count). The lowest BCUT2D eigenvalue weighted by atomic mass is 9.86. The molecule has 0 saturated heterocycles. The van der Waals surface area contributed by atoms with E-state index in [2.05, 4.69) is 59.8 Å². The molecule has 1 fully saturated rings. The van der Waals surface area contributed by atoms with Crippen molar-refractivity contribution in [3.63, 3.8) is 0 Å². The number of ether oxygens (including phenoxy) is 1. The molecule has 2 atom stereocenters. The average Bonchev–Trinajstić information content (AvgIpc) is 2.83. The standard InChI is InChI=1S/C15H20INO/c1-17(2)10-12-4-3-7-15(12)9-11-8-13(16)5-6-14(11)18-15/h5-6,8,12H,3-4,7,9-10H2,1-2H3. The number of fused-ring (bicyclic) bond motifs is 1. The maximum Gasteiger partial charge on any atom is 0.123 e. The van der Waals surface area contributed by atoms with Crippen LogP contribution in [0.2, 0.25) is 0 Å². The minimum absolute atomic E-state index is 0.0943. The van der Waals surface area contributed by atoms with Crippen LogP contribution in [0.3, 0.4) is 0 Å². The van der Waals surface area contributed by atoms with Crippen LogP contribution in [0.4, 0.5) is 0 Å². The molecule has 1 aromatic rings. The van der Waals surface area contributed by atoms with E-state index in [1.165, 1.54) is 28.4 Å². The Balaban J connectivity index is 1.86. The smallest absolute Gasteiger partial charge is 0.123 e. The fourth-order valence-corrected chi connectivity index (χ4v) is 4.10. The first kappa shape index (κ1) is 12.7. The topological polar surface area (TPSA) is 12.5 Å². The molecule has 0 amide bonds. The summed E-state index contributed by atoms with van der Waals surface area (Å²) in [6.45, 7) is 1.14. The minimum atomic E-state index is 0.0943. The summed E-state index contributed by atoms with van der Waals surface area (Å²) >= 11 is 2.39. The van der Waals surface area contributed by atoms with E-state index in [1.54, 1.807) is 0 Å². The first-order chi connectivity index (χ1) is 8.59. The Kier molecular flexibility index (Phi) is 3.30. The van der Waals surface area contributed by atoms with Crippen LogP contribution in [0, 0.1) is 9.49 Å². The Morgan fingerprint density at radius 3 is 3.06 bits per heavy atom. The molecule has 2 unspecified atom stereocenters. The Labute approximate surface area is 123 Å². The number of halogens is 1. The molecule has 18 heavy (non-hydrogen) atoms. The van der Waals surface area contributed by atoms with Crippen molar-refractivity contribution in [3.05, 3.63) is 27.3 Å². The van der Waals surface area contributed by atoms with Crippen molar-refractivity contribution < 1.29 is 4.74 Å². The van der Waals surface area contributed by atoms with Crippen LogP contribution in [-0.4, -0.2) is 31.1 Å². The highest BCUT2D eigenvalue weighted by Crippen LogP contribution is 2.48. The monoisotopic (exact) mass is 357 g/mol. The van der Waals surface area contributed by atoms with Gasteiger partial charge < -0.3 is 9.64 Å². The van der Waals surface area contributed by atoms with Gasteiger partial charge in [0.2, 0.25) is 0 Å². The summed E-state index contributed by atoms with van der Waals surface area (Å²) in [5.74, 6) is 1.80. The van der Waals surface area contributed by atoms with Crippen LogP contribution in [0.1, 0.15) is 24.8 Å². The van der Waals surface area contributed by atoms with Gasteiger partial charge in [-0.1, -0.05) is 0 Å². The van der Waals surface area contributed by atoms with E-state index >= 15 is 0 Å². The van der Waals surface area contributed by atoms with E-state index in [9.17, 15) is 0 Å². The van der Waals surface area contributed by atoms with Gasteiger partial charge in [-0.2, -0.15) is 0 Å². The molecule has 3 heteroatoms. The van der Waals surface area contributed by atoms with Crippen LogP contribution in [0.25, 0.3) is 0 Å². The predicted octanol–water partition coefficient (Wildman–Crippen LogP) is 3.33. The lowest BCUT2D eigenvalue weighted by molar-refractivity contribution is 0.0408. The first-order valence-corrected chi connectivity index (χ1v) is 7.79. The Hall–Kier alpha value is -0.290. The van der Waals surface area contributed by atoms with E-state index in [1.807, 2.05) is 0 Å². The van der Waals surface area contributed by atoms with Gasteiger partial charge in [0.05, 0.1) is 0 Å². The van der Waals surface area contributed by atoms with Crippen LogP contribution < -0.4 is 4.74 Å². The lowest BCUT2D eigenvalue weighted by Crippen LogP contribution is -2.42. The van der Waals surface area contributed by atoms with Gasteiger partial charge in [0.15, 0.2) is 0 Å². The van der Waals surface area contributed by atoms with Gasteiger partial charge in [-0.05, 0) is 79.7 Å². The van der Waals surface area contributed by atoms with Crippen molar-refractivity contribution in [2.45, 2.75) is 31.3 Å². The van der Waals surface area contributed by atoms with E-state index in [0.29, 0.717) is 5.92 Å². The Morgan fingerprint density at radius 2 is 2.28 bits per heavy atom. The van der Waals surface area contributed by atoms with Crippen LogP contribution in [0.15, 0.2) is 18.2 Å².